The third kappa shape index (κ3) is 3.87. The van der Waals surface area contributed by atoms with Crippen molar-refractivity contribution in [2.75, 3.05) is 30.4 Å². The molecule has 0 aliphatic rings. The minimum absolute atomic E-state index is 0.102. The maximum Gasteiger partial charge on any atom is 0.340 e. The van der Waals surface area contributed by atoms with Gasteiger partial charge in [-0.1, -0.05) is 6.07 Å². The van der Waals surface area contributed by atoms with Gasteiger partial charge in [-0.3, -0.25) is 0 Å². The van der Waals surface area contributed by atoms with Gasteiger partial charge in [0.1, 0.15) is 0 Å². The van der Waals surface area contributed by atoms with E-state index in [0.29, 0.717) is 36.5 Å². The molecule has 0 unspecified atom stereocenters. The number of para-hydroxylation sites is 1. The molecule has 112 valence electrons. The second-order valence-corrected chi connectivity index (χ2v) is 4.83. The van der Waals surface area contributed by atoms with Crippen LogP contribution in [0.25, 0.3) is 0 Å². The Morgan fingerprint density at radius 3 is 2.70 bits per heavy atom. The van der Waals surface area contributed by atoms with Crippen molar-refractivity contribution in [2.45, 2.75) is 33.2 Å². The van der Waals surface area contributed by atoms with Crippen LogP contribution in [0.15, 0.2) is 18.2 Å². The number of aliphatic hydroxyl groups excluding tert-OH is 1. The molecule has 1 rings (SSSR count). The van der Waals surface area contributed by atoms with Crippen LogP contribution in [-0.2, 0) is 4.74 Å². The number of hydrogen-bond acceptors (Lipinski definition) is 5. The molecule has 3 N–H and O–H groups in total. The SMILES string of the molecule is CCOC(=O)c1cccc(N)c1N(CCCO)C(C)C. The van der Waals surface area contributed by atoms with Gasteiger partial charge in [0.05, 0.1) is 23.5 Å². The Bertz CT molecular complexity index is 447. The molecule has 5 heteroatoms. The summed E-state index contributed by atoms with van der Waals surface area (Å²) >= 11 is 0. The van der Waals surface area contributed by atoms with E-state index in [9.17, 15) is 4.79 Å². The van der Waals surface area contributed by atoms with E-state index in [0.717, 1.165) is 0 Å². The van der Waals surface area contributed by atoms with Gasteiger partial charge in [0.2, 0.25) is 0 Å². The molecule has 0 aliphatic carbocycles. The molecule has 20 heavy (non-hydrogen) atoms. The second kappa shape index (κ2) is 7.75. The molecule has 0 bridgehead atoms. The number of rotatable bonds is 7. The van der Waals surface area contributed by atoms with Crippen LogP contribution in [0.3, 0.4) is 0 Å². The zero-order valence-corrected chi connectivity index (χ0v) is 12.4. The first-order valence-corrected chi connectivity index (χ1v) is 6.96. The van der Waals surface area contributed by atoms with Crippen molar-refractivity contribution in [1.29, 1.82) is 0 Å². The maximum absolute atomic E-state index is 12.1. The zero-order valence-electron chi connectivity index (χ0n) is 12.4. The van der Waals surface area contributed by atoms with E-state index in [1.165, 1.54) is 0 Å². The Balaban J connectivity index is 3.21. The molecule has 0 saturated carbocycles. The average molecular weight is 280 g/mol. The van der Waals surface area contributed by atoms with Crippen molar-refractivity contribution in [3.05, 3.63) is 23.8 Å². The van der Waals surface area contributed by atoms with Crippen LogP contribution >= 0.6 is 0 Å². The van der Waals surface area contributed by atoms with E-state index in [-0.39, 0.29) is 18.6 Å². The summed E-state index contributed by atoms with van der Waals surface area (Å²) in [6.45, 7) is 6.89. The first kappa shape index (κ1) is 16.3. The largest absolute Gasteiger partial charge is 0.462 e. The summed E-state index contributed by atoms with van der Waals surface area (Å²) in [6.07, 6.45) is 0.620. The van der Waals surface area contributed by atoms with E-state index >= 15 is 0 Å². The molecule has 0 saturated heterocycles. The monoisotopic (exact) mass is 280 g/mol. The van der Waals surface area contributed by atoms with Gasteiger partial charge in [0.25, 0.3) is 0 Å². The number of nitrogen functional groups attached to an aromatic ring is 1. The van der Waals surface area contributed by atoms with E-state index in [1.54, 1.807) is 25.1 Å². The molecule has 0 heterocycles. The minimum atomic E-state index is -0.371. The van der Waals surface area contributed by atoms with Gasteiger partial charge < -0.3 is 20.5 Å². The number of carbonyl (C=O) groups excluding carboxylic acids is 1. The standard InChI is InChI=1S/C15H24N2O3/c1-4-20-15(19)12-7-5-8-13(16)14(12)17(11(2)3)9-6-10-18/h5,7-8,11,18H,4,6,9-10,16H2,1-3H3. The first-order chi connectivity index (χ1) is 9.52. The smallest absolute Gasteiger partial charge is 0.340 e. The van der Waals surface area contributed by atoms with Gasteiger partial charge >= 0.3 is 5.97 Å². The zero-order chi connectivity index (χ0) is 15.1. The number of hydrogen-bond donors (Lipinski definition) is 2. The van der Waals surface area contributed by atoms with E-state index < -0.39 is 0 Å². The van der Waals surface area contributed by atoms with Crippen LogP contribution in [0.2, 0.25) is 0 Å². The molecule has 0 amide bonds. The fourth-order valence-corrected chi connectivity index (χ4v) is 2.12. The number of nitrogens with two attached hydrogens (primary N) is 1. The number of benzene rings is 1. The molecule has 0 aliphatic heterocycles. The first-order valence-electron chi connectivity index (χ1n) is 6.96. The van der Waals surface area contributed by atoms with Gasteiger partial charge in [0.15, 0.2) is 0 Å². The van der Waals surface area contributed by atoms with Crippen molar-refractivity contribution in [2.24, 2.45) is 0 Å². The predicted octanol–water partition coefficient (Wildman–Crippen LogP) is 2.04. The topological polar surface area (TPSA) is 75.8 Å². The molecular weight excluding hydrogens is 256 g/mol. The maximum atomic E-state index is 12.1. The summed E-state index contributed by atoms with van der Waals surface area (Å²) in [4.78, 5) is 14.1. The highest BCUT2D eigenvalue weighted by Crippen LogP contribution is 2.30. The van der Waals surface area contributed by atoms with Gasteiger partial charge in [-0.15, -0.1) is 0 Å². The fraction of sp³-hybridized carbons (Fsp3) is 0.533. The number of aliphatic hydroxyl groups is 1. The quantitative estimate of drug-likeness (QED) is 0.590. The highest BCUT2D eigenvalue weighted by Gasteiger charge is 2.21. The van der Waals surface area contributed by atoms with Crippen LogP contribution in [0, 0.1) is 0 Å². The highest BCUT2D eigenvalue weighted by molar-refractivity contribution is 5.99. The fourth-order valence-electron chi connectivity index (χ4n) is 2.12. The van der Waals surface area contributed by atoms with E-state index in [4.69, 9.17) is 15.6 Å². The summed E-state index contributed by atoms with van der Waals surface area (Å²) in [5, 5.41) is 9.03. The van der Waals surface area contributed by atoms with Gasteiger partial charge in [-0.25, -0.2) is 4.79 Å². The number of nitrogens with zero attached hydrogens (tertiary/aromatic N) is 1. The predicted molar refractivity (Wildman–Crippen MR) is 81.0 cm³/mol. The number of carbonyl (C=O) groups is 1. The molecular formula is C15H24N2O3. The van der Waals surface area contributed by atoms with Gasteiger partial charge in [0, 0.05) is 19.2 Å². The van der Waals surface area contributed by atoms with Gasteiger partial charge in [-0.05, 0) is 39.3 Å². The molecule has 0 atom stereocenters. The van der Waals surface area contributed by atoms with Crippen LogP contribution in [0.5, 0.6) is 0 Å². The van der Waals surface area contributed by atoms with Crippen LogP contribution < -0.4 is 10.6 Å². The average Bonchev–Trinajstić information content (AvgIpc) is 2.40. The normalized spacial score (nSPS) is 10.7. The van der Waals surface area contributed by atoms with Gasteiger partial charge in [-0.2, -0.15) is 0 Å². The Labute approximate surface area is 120 Å². The van der Waals surface area contributed by atoms with Crippen LogP contribution in [0.4, 0.5) is 11.4 Å². The molecule has 5 nitrogen and oxygen atoms in total. The lowest BCUT2D eigenvalue weighted by atomic mass is 10.1. The molecule has 1 aromatic carbocycles. The molecule has 0 spiro atoms. The minimum Gasteiger partial charge on any atom is -0.462 e. The number of esters is 1. The van der Waals surface area contributed by atoms with Crippen molar-refractivity contribution in [3.63, 3.8) is 0 Å². The van der Waals surface area contributed by atoms with Crippen molar-refractivity contribution >= 4 is 17.3 Å². The van der Waals surface area contributed by atoms with Crippen molar-refractivity contribution < 1.29 is 14.6 Å². The molecule has 0 aromatic heterocycles. The lowest BCUT2D eigenvalue weighted by molar-refractivity contribution is 0.0527. The Hall–Kier alpha value is -1.75. The Morgan fingerprint density at radius 2 is 2.15 bits per heavy atom. The lowest BCUT2D eigenvalue weighted by Crippen LogP contribution is -2.34. The third-order valence-electron chi connectivity index (χ3n) is 3.03. The Kier molecular flexibility index (Phi) is 6.31. The molecule has 0 fully saturated rings. The van der Waals surface area contributed by atoms with Crippen LogP contribution in [0.1, 0.15) is 37.6 Å². The highest BCUT2D eigenvalue weighted by atomic mass is 16.5. The molecule has 1 aromatic rings. The summed E-state index contributed by atoms with van der Waals surface area (Å²) in [5.74, 6) is -0.371. The lowest BCUT2D eigenvalue weighted by Gasteiger charge is -2.31. The Morgan fingerprint density at radius 1 is 1.45 bits per heavy atom. The van der Waals surface area contributed by atoms with E-state index in [2.05, 4.69) is 0 Å². The summed E-state index contributed by atoms with van der Waals surface area (Å²) < 4.78 is 5.09. The van der Waals surface area contributed by atoms with Crippen molar-refractivity contribution in [3.8, 4) is 0 Å². The van der Waals surface area contributed by atoms with Crippen molar-refractivity contribution in [1.82, 2.24) is 0 Å². The van der Waals surface area contributed by atoms with E-state index in [1.807, 2.05) is 18.7 Å². The van der Waals surface area contributed by atoms with Crippen LogP contribution in [-0.4, -0.2) is 36.9 Å². The second-order valence-electron chi connectivity index (χ2n) is 4.83. The summed E-state index contributed by atoms with van der Waals surface area (Å²) in [5.41, 5.74) is 7.76. The summed E-state index contributed by atoms with van der Waals surface area (Å²) in [7, 11) is 0. The summed E-state index contributed by atoms with van der Waals surface area (Å²) in [6, 6.07) is 5.40. The molecule has 0 radical (unpaired) electrons. The number of anilines is 2. The third-order valence-corrected chi connectivity index (χ3v) is 3.03. The number of ether oxygens (including phenoxy) is 1.